The van der Waals surface area contributed by atoms with Gasteiger partial charge >= 0.3 is 0 Å². The van der Waals surface area contributed by atoms with Crippen LogP contribution in [-0.4, -0.2) is 31.5 Å². The van der Waals surface area contributed by atoms with Gasteiger partial charge in [0.05, 0.1) is 19.8 Å². The van der Waals surface area contributed by atoms with E-state index in [4.69, 9.17) is 14.6 Å². The second kappa shape index (κ2) is 6.87. The number of hydrogen-bond acceptors (Lipinski definition) is 5. The predicted octanol–water partition coefficient (Wildman–Crippen LogP) is 2.80. The van der Waals surface area contributed by atoms with Crippen molar-refractivity contribution < 1.29 is 14.6 Å². The molecule has 0 spiro atoms. The molecular weight excluding hydrogens is 300 g/mol. The summed E-state index contributed by atoms with van der Waals surface area (Å²) in [6.07, 6.45) is 0. The van der Waals surface area contributed by atoms with E-state index in [-0.39, 0.29) is 12.0 Å². The third-order valence-corrected chi connectivity index (χ3v) is 4.43. The first-order valence-electron chi connectivity index (χ1n) is 7.06. The van der Waals surface area contributed by atoms with Crippen LogP contribution in [0.25, 0.3) is 20.2 Å². The number of aliphatic hydroxyl groups excluding tert-OH is 1. The largest absolute Gasteiger partial charge is 0.491 e. The fourth-order valence-electron chi connectivity index (χ4n) is 2.26. The number of ether oxygens (including phenoxy) is 2. The number of fused-ring (bicyclic) bond motifs is 2. The maximum Gasteiger partial charge on any atom is 0.196 e. The topological polar surface area (TPSA) is 55.8 Å². The Labute approximate surface area is 131 Å². The molecule has 1 heterocycles. The van der Waals surface area contributed by atoms with E-state index < -0.39 is 0 Å². The molecule has 2 aromatic carbocycles. The van der Waals surface area contributed by atoms with Crippen LogP contribution in [0.4, 0.5) is 0 Å². The van der Waals surface area contributed by atoms with E-state index in [1.165, 1.54) is 0 Å². The zero-order valence-electron chi connectivity index (χ0n) is 12.0. The van der Waals surface area contributed by atoms with Crippen molar-refractivity contribution in [1.82, 2.24) is 0 Å². The molecule has 0 aliphatic rings. The van der Waals surface area contributed by atoms with Gasteiger partial charge in [0, 0.05) is 20.2 Å². The van der Waals surface area contributed by atoms with Gasteiger partial charge < -0.3 is 14.6 Å². The lowest BCUT2D eigenvalue weighted by Gasteiger charge is -2.08. The van der Waals surface area contributed by atoms with Crippen LogP contribution < -0.4 is 10.2 Å². The Morgan fingerprint density at radius 1 is 0.955 bits per heavy atom. The molecule has 4 nitrogen and oxygen atoms in total. The first-order valence-corrected chi connectivity index (χ1v) is 7.88. The van der Waals surface area contributed by atoms with Crippen molar-refractivity contribution in [3.63, 3.8) is 0 Å². The maximum absolute atomic E-state index is 12.6. The van der Waals surface area contributed by atoms with E-state index in [0.717, 1.165) is 14.8 Å². The summed E-state index contributed by atoms with van der Waals surface area (Å²) in [5.74, 6) is 0.652. The van der Waals surface area contributed by atoms with Gasteiger partial charge in [-0.3, -0.25) is 4.79 Å². The summed E-state index contributed by atoms with van der Waals surface area (Å²) < 4.78 is 12.7. The van der Waals surface area contributed by atoms with Gasteiger partial charge in [0.1, 0.15) is 12.4 Å². The second-order valence-corrected chi connectivity index (χ2v) is 5.85. The first-order chi connectivity index (χ1) is 10.8. The lowest BCUT2D eigenvalue weighted by atomic mass is 10.2. The Morgan fingerprint density at radius 3 is 2.64 bits per heavy atom. The van der Waals surface area contributed by atoms with E-state index in [0.29, 0.717) is 31.0 Å². The molecule has 0 bridgehead atoms. The molecule has 0 atom stereocenters. The Balaban J connectivity index is 1.87. The molecule has 0 saturated carbocycles. The number of aliphatic hydroxyl groups is 1. The van der Waals surface area contributed by atoms with Gasteiger partial charge in [-0.25, -0.2) is 0 Å². The highest BCUT2D eigenvalue weighted by atomic mass is 32.1. The molecule has 0 saturated heterocycles. The molecular formula is C17H16O4S. The van der Waals surface area contributed by atoms with Crippen LogP contribution in [0.1, 0.15) is 0 Å². The molecule has 114 valence electrons. The van der Waals surface area contributed by atoms with Crippen LogP contribution in [0.3, 0.4) is 0 Å². The Hall–Kier alpha value is -1.95. The van der Waals surface area contributed by atoms with Crippen LogP contribution in [0.2, 0.25) is 0 Å². The zero-order valence-corrected chi connectivity index (χ0v) is 12.8. The Bertz CT molecular complexity index is 841. The zero-order chi connectivity index (χ0) is 15.4. The molecule has 3 aromatic rings. The minimum Gasteiger partial charge on any atom is -0.491 e. The number of benzene rings is 2. The van der Waals surface area contributed by atoms with Crippen molar-refractivity contribution in [2.45, 2.75) is 0 Å². The highest BCUT2D eigenvalue weighted by Crippen LogP contribution is 2.27. The van der Waals surface area contributed by atoms with Crippen LogP contribution in [-0.2, 0) is 4.74 Å². The predicted molar refractivity (Wildman–Crippen MR) is 89.0 cm³/mol. The monoisotopic (exact) mass is 316 g/mol. The van der Waals surface area contributed by atoms with Gasteiger partial charge in [0.15, 0.2) is 5.43 Å². The standard InChI is InChI=1S/C17H16O4S/c18-7-8-20-9-10-21-12-5-6-16-14(11-12)17(19)13-3-1-2-4-15(13)22-16/h1-6,11,18H,7-10H2. The number of hydrogen-bond donors (Lipinski definition) is 1. The highest BCUT2D eigenvalue weighted by molar-refractivity contribution is 7.24. The second-order valence-electron chi connectivity index (χ2n) is 4.77. The quantitative estimate of drug-likeness (QED) is 0.561. The van der Waals surface area contributed by atoms with Gasteiger partial charge in [-0.1, -0.05) is 12.1 Å². The third kappa shape index (κ3) is 3.11. The molecule has 0 amide bonds. The molecule has 0 aliphatic heterocycles. The SMILES string of the molecule is O=c1c2ccccc2sc2ccc(OCCOCCO)cc12. The lowest BCUT2D eigenvalue weighted by molar-refractivity contribution is 0.0705. The molecule has 22 heavy (non-hydrogen) atoms. The summed E-state index contributed by atoms with van der Waals surface area (Å²) in [5.41, 5.74) is 0.0336. The summed E-state index contributed by atoms with van der Waals surface area (Å²) >= 11 is 1.60. The van der Waals surface area contributed by atoms with Gasteiger partial charge in [0.2, 0.25) is 0 Å². The van der Waals surface area contributed by atoms with Crippen molar-refractivity contribution in [3.8, 4) is 5.75 Å². The van der Waals surface area contributed by atoms with Crippen LogP contribution in [0.5, 0.6) is 5.75 Å². The molecule has 0 fully saturated rings. The van der Waals surface area contributed by atoms with Gasteiger partial charge in [-0.15, -0.1) is 11.3 Å². The van der Waals surface area contributed by atoms with E-state index in [2.05, 4.69) is 0 Å². The number of rotatable bonds is 6. The fourth-order valence-corrected chi connectivity index (χ4v) is 3.31. The molecule has 1 N–H and O–H groups in total. The average Bonchev–Trinajstić information content (AvgIpc) is 2.55. The van der Waals surface area contributed by atoms with Gasteiger partial charge in [-0.2, -0.15) is 0 Å². The van der Waals surface area contributed by atoms with Crippen LogP contribution in [0.15, 0.2) is 47.3 Å². The van der Waals surface area contributed by atoms with Crippen molar-refractivity contribution >= 4 is 31.5 Å². The molecule has 0 radical (unpaired) electrons. The summed E-state index contributed by atoms with van der Waals surface area (Å²) in [6, 6.07) is 13.2. The molecule has 0 aliphatic carbocycles. The van der Waals surface area contributed by atoms with E-state index in [9.17, 15) is 4.79 Å². The molecule has 5 heteroatoms. The van der Waals surface area contributed by atoms with Gasteiger partial charge in [0.25, 0.3) is 0 Å². The van der Waals surface area contributed by atoms with Crippen LogP contribution >= 0.6 is 11.3 Å². The minimum atomic E-state index is 0.00395. The lowest BCUT2D eigenvalue weighted by Crippen LogP contribution is -2.09. The normalized spacial score (nSPS) is 11.1. The fraction of sp³-hybridized carbons (Fsp3) is 0.235. The Kier molecular flexibility index (Phi) is 4.68. The smallest absolute Gasteiger partial charge is 0.196 e. The molecule has 0 unspecified atom stereocenters. The van der Waals surface area contributed by atoms with E-state index in [1.807, 2.05) is 36.4 Å². The summed E-state index contributed by atoms with van der Waals surface area (Å²) in [6.45, 7) is 1.10. The summed E-state index contributed by atoms with van der Waals surface area (Å²) in [4.78, 5) is 12.6. The van der Waals surface area contributed by atoms with E-state index >= 15 is 0 Å². The van der Waals surface area contributed by atoms with Crippen molar-refractivity contribution in [3.05, 3.63) is 52.7 Å². The van der Waals surface area contributed by atoms with Crippen molar-refractivity contribution in [2.75, 3.05) is 26.4 Å². The highest BCUT2D eigenvalue weighted by Gasteiger charge is 2.06. The van der Waals surface area contributed by atoms with Crippen LogP contribution in [0, 0.1) is 0 Å². The summed E-state index contributed by atoms with van der Waals surface area (Å²) in [7, 11) is 0. The van der Waals surface area contributed by atoms with Crippen molar-refractivity contribution in [1.29, 1.82) is 0 Å². The molecule has 3 rings (SSSR count). The van der Waals surface area contributed by atoms with Gasteiger partial charge in [-0.05, 0) is 30.3 Å². The minimum absolute atomic E-state index is 0.00395. The maximum atomic E-state index is 12.6. The first kappa shape index (κ1) is 15.0. The van der Waals surface area contributed by atoms with Crippen molar-refractivity contribution in [2.24, 2.45) is 0 Å². The summed E-state index contributed by atoms with van der Waals surface area (Å²) in [5, 5.41) is 10.0. The Morgan fingerprint density at radius 2 is 1.77 bits per heavy atom. The molecule has 1 aromatic heterocycles. The third-order valence-electron chi connectivity index (χ3n) is 3.28. The van der Waals surface area contributed by atoms with E-state index in [1.54, 1.807) is 17.4 Å². The average molecular weight is 316 g/mol.